The molecule has 31 heavy (non-hydrogen) atoms. The van der Waals surface area contributed by atoms with E-state index in [4.69, 9.17) is 13.6 Å². The summed E-state index contributed by atoms with van der Waals surface area (Å²) in [5.74, 6) is 0.149. The second-order valence-corrected chi connectivity index (χ2v) is 18.0. The molecule has 0 N–H and O–H groups in total. The predicted octanol–water partition coefficient (Wildman–Crippen LogP) is 5.83. The molecular weight excluding hydrogens is 424 g/mol. The molecule has 1 aliphatic rings. The number of rotatable bonds is 17. The molecule has 0 aliphatic heterocycles. The van der Waals surface area contributed by atoms with Crippen molar-refractivity contribution >= 4 is 28.2 Å². The van der Waals surface area contributed by atoms with Gasteiger partial charge in [0.1, 0.15) is 6.61 Å². The van der Waals surface area contributed by atoms with Gasteiger partial charge in [0, 0.05) is 12.0 Å². The monoisotopic (exact) mass is 468 g/mol. The Bertz CT molecular complexity index is 605. The maximum atomic E-state index is 12.3. The van der Waals surface area contributed by atoms with Crippen molar-refractivity contribution in [2.24, 2.45) is 0 Å². The fourth-order valence-electron chi connectivity index (χ4n) is 4.08. The highest BCUT2D eigenvalue weighted by atomic mass is 28.4. The minimum Gasteiger partial charge on any atom is -0.410 e. The third-order valence-electron chi connectivity index (χ3n) is 6.87. The summed E-state index contributed by atoms with van der Waals surface area (Å²) in [6, 6.07) is 6.38. The Labute approximate surface area is 191 Å². The molecule has 0 aromatic heterocycles. The Morgan fingerprint density at radius 1 is 0.968 bits per heavy atom. The molecule has 0 saturated heterocycles. The Hall–Kier alpha value is -0.866. The van der Waals surface area contributed by atoms with Crippen LogP contribution in [-0.4, -0.2) is 54.1 Å². The molecule has 5 nitrogen and oxygen atoms in total. The molecule has 1 rings (SSSR count). The van der Waals surface area contributed by atoms with Crippen LogP contribution >= 0.6 is 0 Å². The van der Waals surface area contributed by atoms with Crippen LogP contribution in [0.1, 0.15) is 54.4 Å². The molecule has 0 aromatic carbocycles. The fraction of sp³-hybridized carbons (Fsp3) is 0.750. The molecule has 178 valence electrons. The second-order valence-electron chi connectivity index (χ2n) is 8.46. The van der Waals surface area contributed by atoms with Gasteiger partial charge in [-0.1, -0.05) is 53.7 Å². The molecule has 1 atom stereocenters. The number of ether oxygens (including phenoxy) is 1. The number of hydrogen-bond acceptors (Lipinski definition) is 5. The summed E-state index contributed by atoms with van der Waals surface area (Å²) < 4.78 is 17.9. The van der Waals surface area contributed by atoms with Crippen molar-refractivity contribution in [1.82, 2.24) is 0 Å². The van der Waals surface area contributed by atoms with Gasteiger partial charge in [-0.2, -0.15) is 0 Å². The molecule has 0 bridgehead atoms. The second kappa shape index (κ2) is 14.3. The zero-order valence-electron chi connectivity index (χ0n) is 20.6. The lowest BCUT2D eigenvalue weighted by atomic mass is 10.2. The van der Waals surface area contributed by atoms with Crippen molar-refractivity contribution in [3.8, 4) is 0 Å². The highest BCUT2D eigenvalue weighted by Crippen LogP contribution is 2.28. The largest absolute Gasteiger partial charge is 0.410 e. The third kappa shape index (κ3) is 8.88. The van der Waals surface area contributed by atoms with E-state index >= 15 is 0 Å². The zero-order valence-corrected chi connectivity index (χ0v) is 22.6. The first-order valence-corrected chi connectivity index (χ1v) is 17.2. The van der Waals surface area contributed by atoms with Gasteiger partial charge < -0.3 is 13.6 Å². The van der Waals surface area contributed by atoms with E-state index < -0.39 is 16.6 Å². The summed E-state index contributed by atoms with van der Waals surface area (Å²) in [5, 5.41) is 0. The van der Waals surface area contributed by atoms with Gasteiger partial charge in [-0.15, -0.1) is 0 Å². The van der Waals surface area contributed by atoms with Gasteiger partial charge in [0.2, 0.25) is 0 Å². The first-order chi connectivity index (χ1) is 14.8. The van der Waals surface area contributed by atoms with E-state index in [2.05, 4.69) is 41.5 Å². The van der Waals surface area contributed by atoms with Gasteiger partial charge in [0.05, 0.1) is 19.3 Å². The smallest absolute Gasteiger partial charge is 0.192 e. The van der Waals surface area contributed by atoms with E-state index in [9.17, 15) is 9.59 Å². The average molecular weight is 469 g/mol. The van der Waals surface area contributed by atoms with Crippen LogP contribution in [0.25, 0.3) is 0 Å². The molecule has 0 amide bonds. The van der Waals surface area contributed by atoms with Gasteiger partial charge in [0.15, 0.2) is 28.2 Å². The lowest BCUT2D eigenvalue weighted by Gasteiger charge is -2.30. The predicted molar refractivity (Wildman–Crippen MR) is 133 cm³/mol. The van der Waals surface area contributed by atoms with Crippen LogP contribution in [0.3, 0.4) is 0 Å². The van der Waals surface area contributed by atoms with Crippen molar-refractivity contribution < 1.29 is 23.2 Å². The van der Waals surface area contributed by atoms with Crippen molar-refractivity contribution in [3.63, 3.8) is 0 Å². The molecule has 0 radical (unpaired) electrons. The topological polar surface area (TPSA) is 61.8 Å². The summed E-state index contributed by atoms with van der Waals surface area (Å²) >= 11 is 0. The van der Waals surface area contributed by atoms with Crippen LogP contribution in [0.5, 0.6) is 0 Å². The highest BCUT2D eigenvalue weighted by molar-refractivity contribution is 6.74. The first kappa shape index (κ1) is 28.2. The maximum Gasteiger partial charge on any atom is 0.192 e. The number of Topliss-reactive ketones (excluding diaryl/α,β-unsaturated/α-hetero) is 2. The van der Waals surface area contributed by atoms with E-state index in [1.54, 1.807) is 0 Å². The maximum absolute atomic E-state index is 12.3. The van der Waals surface area contributed by atoms with Gasteiger partial charge in [-0.25, -0.2) is 0 Å². The molecule has 7 heteroatoms. The SMILES string of the molecule is CC[Si](CC)(CC)OCC(=O)COCC/C=C\C1=CC(O[Si](CC)(CC)CC)CC1=O. The Kier molecular flexibility index (Phi) is 13.0. The van der Waals surface area contributed by atoms with Crippen molar-refractivity contribution in [3.05, 3.63) is 23.8 Å². The molecule has 0 heterocycles. The minimum atomic E-state index is -1.72. The average Bonchev–Trinajstić information content (AvgIpc) is 3.14. The van der Waals surface area contributed by atoms with E-state index in [1.807, 2.05) is 18.2 Å². The standard InChI is InChI=1S/C24H44O5Si2/c1-7-30(8-2,9-3)28-20-22(25)19-27-16-14-13-15-21-17-23(18-24(21)26)29-31(10-4,11-5)12-6/h13,15,17,23H,7-12,14,16,18-20H2,1-6H3/b15-13-. The molecule has 0 spiro atoms. The lowest BCUT2D eigenvalue weighted by Crippen LogP contribution is -2.39. The number of carbonyl (C=O) groups is 2. The van der Waals surface area contributed by atoms with Crippen LogP contribution in [0.2, 0.25) is 36.3 Å². The van der Waals surface area contributed by atoms with Crippen molar-refractivity contribution in [2.45, 2.75) is 96.8 Å². The molecular formula is C24H44O5Si2. The number of ketones is 2. The van der Waals surface area contributed by atoms with E-state index in [0.29, 0.717) is 19.4 Å². The van der Waals surface area contributed by atoms with Crippen LogP contribution in [0, 0.1) is 0 Å². The van der Waals surface area contributed by atoms with Gasteiger partial charge in [-0.3, -0.25) is 9.59 Å². The lowest BCUT2D eigenvalue weighted by molar-refractivity contribution is -0.125. The van der Waals surface area contributed by atoms with Crippen LogP contribution in [0.15, 0.2) is 23.8 Å². The quantitative estimate of drug-likeness (QED) is 0.198. The molecule has 1 unspecified atom stereocenters. The van der Waals surface area contributed by atoms with Gasteiger partial charge in [0.25, 0.3) is 0 Å². The van der Waals surface area contributed by atoms with Crippen molar-refractivity contribution in [1.29, 1.82) is 0 Å². The summed E-state index contributed by atoms with van der Waals surface area (Å²) in [7, 11) is -3.43. The number of carbonyl (C=O) groups excluding carboxylic acids is 2. The summed E-state index contributed by atoms with van der Waals surface area (Å²) in [5.41, 5.74) is 0.737. The minimum absolute atomic E-state index is 0.000275. The molecule has 0 aromatic rings. The third-order valence-corrected chi connectivity index (χ3v) is 16.2. The zero-order chi connectivity index (χ0) is 23.3. The number of hydrogen-bond donors (Lipinski definition) is 0. The Morgan fingerprint density at radius 3 is 2.10 bits per heavy atom. The fourth-order valence-corrected chi connectivity index (χ4v) is 9.45. The molecule has 0 fully saturated rings. The van der Waals surface area contributed by atoms with Gasteiger partial charge >= 0.3 is 0 Å². The van der Waals surface area contributed by atoms with Crippen LogP contribution < -0.4 is 0 Å². The highest BCUT2D eigenvalue weighted by Gasteiger charge is 2.34. The Balaban J connectivity index is 2.36. The summed E-state index contributed by atoms with van der Waals surface area (Å²) in [4.78, 5) is 24.3. The van der Waals surface area contributed by atoms with Crippen LogP contribution in [0.4, 0.5) is 0 Å². The summed E-state index contributed by atoms with van der Waals surface area (Å²) in [6.45, 7) is 13.8. The van der Waals surface area contributed by atoms with Crippen LogP contribution in [-0.2, 0) is 23.2 Å². The normalized spacial score (nSPS) is 17.5. The summed E-state index contributed by atoms with van der Waals surface area (Å²) in [6.07, 6.45) is 6.85. The van der Waals surface area contributed by atoms with E-state index in [-0.39, 0.29) is 30.9 Å². The Morgan fingerprint density at radius 2 is 1.55 bits per heavy atom. The molecule has 1 aliphatic carbocycles. The first-order valence-electron chi connectivity index (χ1n) is 12.2. The number of allylic oxidation sites excluding steroid dienone is 2. The van der Waals surface area contributed by atoms with E-state index in [1.165, 1.54) is 0 Å². The van der Waals surface area contributed by atoms with Gasteiger partial charge in [-0.05, 0) is 48.8 Å². The van der Waals surface area contributed by atoms with E-state index in [0.717, 1.165) is 41.8 Å². The van der Waals surface area contributed by atoms with Crippen molar-refractivity contribution in [2.75, 3.05) is 19.8 Å². The molecule has 0 saturated carbocycles.